The molecule has 0 unspecified atom stereocenters. The number of nitrogens with zero attached hydrogens (tertiary/aromatic N) is 2. The predicted octanol–water partition coefficient (Wildman–Crippen LogP) is 0.937. The molecule has 0 fully saturated rings. The molecule has 0 bridgehead atoms. The van der Waals surface area contributed by atoms with Crippen molar-refractivity contribution >= 4 is 11.6 Å². The standard InChI is InChI=1S/C10H10F2N2O4/c1-13(2-3-15)10(16)6-4-7(11)8(12)5-9(6)14(17)18/h4-5,15H,2-3H2,1H3. The molecule has 0 radical (unpaired) electrons. The molecule has 98 valence electrons. The summed E-state index contributed by atoms with van der Waals surface area (Å²) in [4.78, 5) is 22.4. The van der Waals surface area contributed by atoms with Crippen LogP contribution in [-0.2, 0) is 0 Å². The van der Waals surface area contributed by atoms with E-state index in [0.29, 0.717) is 12.1 Å². The van der Waals surface area contributed by atoms with Gasteiger partial charge in [-0.1, -0.05) is 0 Å². The van der Waals surface area contributed by atoms with E-state index in [4.69, 9.17) is 5.11 Å². The Labute approximate surface area is 101 Å². The van der Waals surface area contributed by atoms with Crippen LogP contribution in [0.4, 0.5) is 14.5 Å². The van der Waals surface area contributed by atoms with E-state index in [2.05, 4.69) is 0 Å². The number of aliphatic hydroxyl groups excluding tert-OH is 1. The molecule has 0 saturated heterocycles. The van der Waals surface area contributed by atoms with Gasteiger partial charge in [-0.3, -0.25) is 14.9 Å². The van der Waals surface area contributed by atoms with Crippen molar-refractivity contribution in [2.75, 3.05) is 20.2 Å². The van der Waals surface area contributed by atoms with Gasteiger partial charge in [0.2, 0.25) is 0 Å². The average Bonchev–Trinajstić information content (AvgIpc) is 2.31. The number of benzene rings is 1. The summed E-state index contributed by atoms with van der Waals surface area (Å²) in [6.45, 7) is -0.422. The topological polar surface area (TPSA) is 83.7 Å². The zero-order chi connectivity index (χ0) is 13.9. The number of carbonyl (C=O) groups is 1. The van der Waals surface area contributed by atoms with Crippen LogP contribution in [0.1, 0.15) is 10.4 Å². The number of nitro benzene ring substituents is 1. The van der Waals surface area contributed by atoms with Gasteiger partial charge in [-0.25, -0.2) is 8.78 Å². The molecule has 1 N–H and O–H groups in total. The van der Waals surface area contributed by atoms with Crippen LogP contribution in [0.3, 0.4) is 0 Å². The third-order valence-corrected chi connectivity index (χ3v) is 2.25. The normalized spacial score (nSPS) is 10.2. The highest BCUT2D eigenvalue weighted by Crippen LogP contribution is 2.23. The molecule has 0 aromatic heterocycles. The minimum absolute atomic E-state index is 0.0744. The quantitative estimate of drug-likeness (QED) is 0.645. The van der Waals surface area contributed by atoms with E-state index in [1.807, 2.05) is 0 Å². The maximum absolute atomic E-state index is 13.0. The van der Waals surface area contributed by atoms with Crippen molar-refractivity contribution < 1.29 is 23.6 Å². The molecule has 1 aromatic carbocycles. The van der Waals surface area contributed by atoms with E-state index in [1.165, 1.54) is 7.05 Å². The number of rotatable bonds is 4. The second kappa shape index (κ2) is 5.50. The third-order valence-electron chi connectivity index (χ3n) is 2.25. The predicted molar refractivity (Wildman–Crippen MR) is 57.1 cm³/mol. The molecule has 0 spiro atoms. The number of amides is 1. The highest BCUT2D eigenvalue weighted by Gasteiger charge is 2.25. The van der Waals surface area contributed by atoms with Gasteiger partial charge in [-0.15, -0.1) is 0 Å². The Morgan fingerprint density at radius 1 is 1.44 bits per heavy atom. The summed E-state index contributed by atoms with van der Waals surface area (Å²) in [5, 5.41) is 19.3. The fraction of sp³-hybridized carbons (Fsp3) is 0.300. The number of likely N-dealkylation sites (N-methyl/N-ethyl adjacent to an activating group) is 1. The third kappa shape index (κ3) is 2.77. The number of aliphatic hydroxyl groups is 1. The lowest BCUT2D eigenvalue weighted by Gasteiger charge is -2.15. The number of carbonyl (C=O) groups excluding carboxylic acids is 1. The van der Waals surface area contributed by atoms with Crippen LogP contribution in [0.25, 0.3) is 0 Å². The SMILES string of the molecule is CN(CCO)C(=O)c1cc(F)c(F)cc1[N+](=O)[O-]. The van der Waals surface area contributed by atoms with Crippen LogP contribution >= 0.6 is 0 Å². The Balaban J connectivity index is 3.26. The fourth-order valence-corrected chi connectivity index (χ4v) is 1.32. The largest absolute Gasteiger partial charge is 0.395 e. The summed E-state index contributed by atoms with van der Waals surface area (Å²) in [7, 11) is 1.28. The minimum Gasteiger partial charge on any atom is -0.395 e. The zero-order valence-corrected chi connectivity index (χ0v) is 9.39. The molecule has 8 heteroatoms. The molecule has 0 aliphatic heterocycles. The fourth-order valence-electron chi connectivity index (χ4n) is 1.32. The second-order valence-corrected chi connectivity index (χ2v) is 3.49. The molecular formula is C10H10F2N2O4. The van der Waals surface area contributed by atoms with Crippen LogP contribution in [0.5, 0.6) is 0 Å². The molecule has 0 atom stereocenters. The molecule has 1 amide bonds. The van der Waals surface area contributed by atoms with Crippen molar-refractivity contribution in [2.24, 2.45) is 0 Å². The Kier molecular flexibility index (Phi) is 4.27. The highest BCUT2D eigenvalue weighted by molar-refractivity contribution is 5.98. The van der Waals surface area contributed by atoms with Gasteiger partial charge in [0, 0.05) is 13.6 Å². The van der Waals surface area contributed by atoms with Crippen molar-refractivity contribution in [3.8, 4) is 0 Å². The van der Waals surface area contributed by atoms with Crippen LogP contribution < -0.4 is 0 Å². The molecular weight excluding hydrogens is 250 g/mol. The van der Waals surface area contributed by atoms with Gasteiger partial charge in [0.25, 0.3) is 11.6 Å². The van der Waals surface area contributed by atoms with Crippen molar-refractivity contribution in [2.45, 2.75) is 0 Å². The van der Waals surface area contributed by atoms with E-state index >= 15 is 0 Å². The number of nitro groups is 1. The second-order valence-electron chi connectivity index (χ2n) is 3.49. The summed E-state index contributed by atoms with van der Waals surface area (Å²) < 4.78 is 25.9. The Morgan fingerprint density at radius 2 is 2.00 bits per heavy atom. The molecule has 6 nitrogen and oxygen atoms in total. The maximum atomic E-state index is 13.0. The maximum Gasteiger partial charge on any atom is 0.285 e. The van der Waals surface area contributed by atoms with Gasteiger partial charge in [0.1, 0.15) is 5.56 Å². The van der Waals surface area contributed by atoms with Crippen LogP contribution in [-0.4, -0.2) is 41.0 Å². The summed E-state index contributed by atoms with van der Waals surface area (Å²) in [5.41, 5.74) is -1.38. The van der Waals surface area contributed by atoms with Gasteiger partial charge >= 0.3 is 0 Å². The van der Waals surface area contributed by atoms with E-state index in [0.717, 1.165) is 4.90 Å². The van der Waals surface area contributed by atoms with Crippen molar-refractivity contribution in [3.05, 3.63) is 39.4 Å². The van der Waals surface area contributed by atoms with Crippen molar-refractivity contribution in [3.63, 3.8) is 0 Å². The molecule has 1 aromatic rings. The number of hydrogen-bond donors (Lipinski definition) is 1. The molecule has 0 saturated carbocycles. The van der Waals surface area contributed by atoms with E-state index in [-0.39, 0.29) is 13.2 Å². The average molecular weight is 260 g/mol. The van der Waals surface area contributed by atoms with Gasteiger partial charge in [-0.05, 0) is 6.07 Å². The van der Waals surface area contributed by atoms with Gasteiger partial charge < -0.3 is 10.0 Å². The lowest BCUT2D eigenvalue weighted by atomic mass is 10.1. The highest BCUT2D eigenvalue weighted by atomic mass is 19.2. The van der Waals surface area contributed by atoms with E-state index in [9.17, 15) is 23.7 Å². The van der Waals surface area contributed by atoms with Gasteiger partial charge in [0.05, 0.1) is 17.6 Å². The zero-order valence-electron chi connectivity index (χ0n) is 9.39. The first-order valence-electron chi connectivity index (χ1n) is 4.88. The Bertz CT molecular complexity index is 493. The summed E-state index contributed by atoms with van der Waals surface area (Å²) >= 11 is 0. The monoisotopic (exact) mass is 260 g/mol. The molecule has 0 heterocycles. The minimum atomic E-state index is -1.40. The summed E-state index contributed by atoms with van der Waals surface area (Å²) in [5.74, 6) is -3.61. The van der Waals surface area contributed by atoms with Crippen LogP contribution in [0, 0.1) is 21.7 Å². The van der Waals surface area contributed by atoms with Gasteiger partial charge in [-0.2, -0.15) is 0 Å². The van der Waals surface area contributed by atoms with Crippen LogP contribution in [0.15, 0.2) is 12.1 Å². The smallest absolute Gasteiger partial charge is 0.285 e. The van der Waals surface area contributed by atoms with Crippen molar-refractivity contribution in [1.82, 2.24) is 4.90 Å². The first kappa shape index (κ1) is 14.0. The van der Waals surface area contributed by atoms with E-state index in [1.54, 1.807) is 0 Å². The molecule has 1 rings (SSSR count). The number of halogens is 2. The molecule has 18 heavy (non-hydrogen) atoms. The lowest BCUT2D eigenvalue weighted by molar-refractivity contribution is -0.385. The van der Waals surface area contributed by atoms with E-state index < -0.39 is 33.7 Å². The van der Waals surface area contributed by atoms with Crippen LogP contribution in [0.2, 0.25) is 0 Å². The lowest BCUT2D eigenvalue weighted by Crippen LogP contribution is -2.30. The Hall–Kier alpha value is -2.09. The Morgan fingerprint density at radius 3 is 2.50 bits per heavy atom. The first-order valence-corrected chi connectivity index (χ1v) is 4.88. The molecule has 0 aliphatic rings. The summed E-state index contributed by atoms with van der Waals surface area (Å²) in [6, 6.07) is 0.832. The number of hydrogen-bond acceptors (Lipinski definition) is 4. The first-order chi connectivity index (χ1) is 8.38. The summed E-state index contributed by atoms with van der Waals surface area (Å²) in [6.07, 6.45) is 0. The molecule has 0 aliphatic carbocycles. The van der Waals surface area contributed by atoms with Gasteiger partial charge in [0.15, 0.2) is 11.6 Å². The van der Waals surface area contributed by atoms with Crippen molar-refractivity contribution in [1.29, 1.82) is 0 Å².